The van der Waals surface area contributed by atoms with E-state index in [9.17, 15) is 0 Å². The van der Waals surface area contributed by atoms with Crippen molar-refractivity contribution in [3.05, 3.63) is 265 Å². The maximum atomic E-state index is 2.47. The van der Waals surface area contributed by atoms with E-state index in [0.717, 1.165) is 22.7 Å². The van der Waals surface area contributed by atoms with Crippen molar-refractivity contribution in [3.8, 4) is 27.9 Å². The first kappa shape index (κ1) is 35.0. The summed E-state index contributed by atoms with van der Waals surface area (Å²) in [6.07, 6.45) is 0. The SMILES string of the molecule is c1ccc(-c2ccc(-n3c4ccccc4c4cc(N(c5ccccc5)c5ccc6c(c5)C(c5ccccc5)(c5ccccc5)c5cc7ccccc7cc5-6)ccc43)cc2)cc1. The number of fused-ring (bicyclic) bond motifs is 7. The fourth-order valence-corrected chi connectivity index (χ4v) is 10.1. The van der Waals surface area contributed by atoms with Gasteiger partial charge in [-0.25, -0.2) is 0 Å². The summed E-state index contributed by atoms with van der Waals surface area (Å²) in [5, 5.41) is 4.93. The predicted octanol–water partition coefficient (Wildman–Crippen LogP) is 15.4. The van der Waals surface area contributed by atoms with Crippen LogP contribution < -0.4 is 4.90 Å². The molecular formula is C59H40N2. The van der Waals surface area contributed by atoms with E-state index in [1.807, 2.05) is 0 Å². The number of rotatable bonds is 7. The molecule has 0 unspecified atom stereocenters. The van der Waals surface area contributed by atoms with Crippen molar-refractivity contribution in [1.29, 1.82) is 0 Å². The lowest BCUT2D eigenvalue weighted by molar-refractivity contribution is 0.769. The molecule has 1 aromatic heterocycles. The number of anilines is 3. The Bertz CT molecular complexity index is 3350. The molecule has 0 atom stereocenters. The zero-order valence-corrected chi connectivity index (χ0v) is 33.5. The van der Waals surface area contributed by atoms with E-state index in [0.29, 0.717) is 0 Å². The first-order valence-corrected chi connectivity index (χ1v) is 21.1. The molecule has 2 nitrogen and oxygen atoms in total. The molecule has 0 saturated heterocycles. The summed E-state index contributed by atoms with van der Waals surface area (Å²) in [7, 11) is 0. The zero-order valence-electron chi connectivity index (χ0n) is 33.5. The molecule has 0 fully saturated rings. The summed E-state index contributed by atoms with van der Waals surface area (Å²) >= 11 is 0. The van der Waals surface area contributed by atoms with Crippen molar-refractivity contribution >= 4 is 49.6 Å². The van der Waals surface area contributed by atoms with Crippen LogP contribution in [0.3, 0.4) is 0 Å². The van der Waals surface area contributed by atoms with Gasteiger partial charge in [0.05, 0.1) is 16.4 Å². The normalized spacial score (nSPS) is 12.7. The van der Waals surface area contributed by atoms with Gasteiger partial charge in [-0.05, 0) is 128 Å². The van der Waals surface area contributed by atoms with Gasteiger partial charge in [0.1, 0.15) is 0 Å². The Morgan fingerprint density at radius 1 is 0.328 bits per heavy atom. The molecule has 0 aliphatic heterocycles. The lowest BCUT2D eigenvalue weighted by atomic mass is 9.67. The average molecular weight is 777 g/mol. The minimum absolute atomic E-state index is 0.539. The van der Waals surface area contributed by atoms with Crippen LogP contribution in [0.1, 0.15) is 22.3 Å². The second-order valence-corrected chi connectivity index (χ2v) is 16.1. The first-order chi connectivity index (χ1) is 30.3. The van der Waals surface area contributed by atoms with Crippen molar-refractivity contribution in [3.63, 3.8) is 0 Å². The number of hydrogen-bond acceptors (Lipinski definition) is 1. The molecular weight excluding hydrogens is 737 g/mol. The van der Waals surface area contributed by atoms with Crippen LogP contribution in [0.2, 0.25) is 0 Å². The quantitative estimate of drug-likeness (QED) is 0.156. The number of para-hydroxylation sites is 2. The maximum Gasteiger partial charge on any atom is 0.0714 e. The predicted molar refractivity (Wildman–Crippen MR) is 256 cm³/mol. The fraction of sp³-hybridized carbons (Fsp3) is 0.0169. The molecule has 1 aliphatic rings. The van der Waals surface area contributed by atoms with Gasteiger partial charge in [0, 0.05) is 33.5 Å². The van der Waals surface area contributed by atoms with Crippen LogP contribution in [0.15, 0.2) is 243 Å². The summed E-state index contributed by atoms with van der Waals surface area (Å²) in [5.74, 6) is 0. The van der Waals surface area contributed by atoms with Crippen molar-refractivity contribution in [2.75, 3.05) is 4.90 Å². The van der Waals surface area contributed by atoms with E-state index in [4.69, 9.17) is 0 Å². The molecule has 0 saturated carbocycles. The largest absolute Gasteiger partial charge is 0.310 e. The van der Waals surface area contributed by atoms with Gasteiger partial charge in [0.15, 0.2) is 0 Å². The van der Waals surface area contributed by atoms with Crippen molar-refractivity contribution in [1.82, 2.24) is 4.57 Å². The summed E-state index contributed by atoms with van der Waals surface area (Å²) in [5.41, 5.74) is 16.4. The van der Waals surface area contributed by atoms with Crippen LogP contribution >= 0.6 is 0 Å². The van der Waals surface area contributed by atoms with Gasteiger partial charge in [-0.3, -0.25) is 0 Å². The Morgan fingerprint density at radius 2 is 0.852 bits per heavy atom. The maximum absolute atomic E-state index is 2.47. The van der Waals surface area contributed by atoms with Crippen molar-refractivity contribution in [2.45, 2.75) is 5.41 Å². The summed E-state index contributed by atoms with van der Waals surface area (Å²) in [6, 6.07) is 89.1. The highest BCUT2D eigenvalue weighted by Crippen LogP contribution is 2.58. The van der Waals surface area contributed by atoms with Crippen LogP contribution in [0.5, 0.6) is 0 Å². The Kier molecular flexibility index (Phi) is 8.11. The molecule has 10 aromatic carbocycles. The second-order valence-electron chi connectivity index (χ2n) is 16.1. The van der Waals surface area contributed by atoms with Crippen molar-refractivity contribution < 1.29 is 0 Å². The molecule has 1 heterocycles. The highest BCUT2D eigenvalue weighted by molar-refractivity contribution is 6.11. The molecule has 0 spiro atoms. The minimum atomic E-state index is -0.539. The van der Waals surface area contributed by atoms with Gasteiger partial charge in [-0.1, -0.05) is 170 Å². The van der Waals surface area contributed by atoms with Gasteiger partial charge in [0.25, 0.3) is 0 Å². The van der Waals surface area contributed by atoms with Crippen molar-refractivity contribution in [2.24, 2.45) is 0 Å². The summed E-state index contributed by atoms with van der Waals surface area (Å²) in [6.45, 7) is 0. The molecule has 1 aliphatic carbocycles. The second kappa shape index (κ2) is 14.1. The Balaban J connectivity index is 1.08. The molecule has 286 valence electrons. The molecule has 61 heavy (non-hydrogen) atoms. The molecule has 0 N–H and O–H groups in total. The van der Waals surface area contributed by atoms with E-state index < -0.39 is 5.41 Å². The van der Waals surface area contributed by atoms with Crippen LogP contribution in [-0.4, -0.2) is 4.57 Å². The van der Waals surface area contributed by atoms with Crippen LogP contribution in [0.25, 0.3) is 60.5 Å². The molecule has 12 rings (SSSR count). The Labute approximate surface area is 355 Å². The smallest absolute Gasteiger partial charge is 0.0714 e. The van der Waals surface area contributed by atoms with E-state index in [1.54, 1.807) is 0 Å². The van der Waals surface area contributed by atoms with E-state index in [2.05, 4.69) is 252 Å². The number of nitrogens with zero attached hydrogens (tertiary/aromatic N) is 2. The molecule has 11 aromatic rings. The monoisotopic (exact) mass is 776 g/mol. The topological polar surface area (TPSA) is 8.17 Å². The number of hydrogen-bond donors (Lipinski definition) is 0. The zero-order chi connectivity index (χ0) is 40.3. The molecule has 0 radical (unpaired) electrons. The van der Waals surface area contributed by atoms with Crippen LogP contribution in [-0.2, 0) is 5.41 Å². The number of aromatic nitrogens is 1. The Hall–Kier alpha value is -7.94. The fourth-order valence-electron chi connectivity index (χ4n) is 10.1. The lowest BCUT2D eigenvalue weighted by Crippen LogP contribution is -2.28. The summed E-state index contributed by atoms with van der Waals surface area (Å²) < 4.78 is 2.40. The molecule has 2 heteroatoms. The highest BCUT2D eigenvalue weighted by atomic mass is 15.1. The van der Waals surface area contributed by atoms with Gasteiger partial charge < -0.3 is 9.47 Å². The van der Waals surface area contributed by atoms with Gasteiger partial charge in [0.2, 0.25) is 0 Å². The van der Waals surface area contributed by atoms with Gasteiger partial charge in [-0.15, -0.1) is 0 Å². The van der Waals surface area contributed by atoms with Crippen LogP contribution in [0, 0.1) is 0 Å². The molecule has 0 amide bonds. The van der Waals surface area contributed by atoms with Gasteiger partial charge in [-0.2, -0.15) is 0 Å². The number of benzene rings is 10. The average Bonchev–Trinajstić information content (AvgIpc) is 3.81. The third-order valence-corrected chi connectivity index (χ3v) is 12.8. The third kappa shape index (κ3) is 5.50. The van der Waals surface area contributed by atoms with E-state index in [-0.39, 0.29) is 0 Å². The molecule has 0 bridgehead atoms. The van der Waals surface area contributed by atoms with Crippen LogP contribution in [0.4, 0.5) is 17.1 Å². The lowest BCUT2D eigenvalue weighted by Gasteiger charge is -2.35. The summed E-state index contributed by atoms with van der Waals surface area (Å²) in [4.78, 5) is 2.43. The third-order valence-electron chi connectivity index (χ3n) is 12.8. The highest BCUT2D eigenvalue weighted by Gasteiger charge is 2.46. The minimum Gasteiger partial charge on any atom is -0.310 e. The first-order valence-electron chi connectivity index (χ1n) is 21.1. The van der Waals surface area contributed by atoms with Gasteiger partial charge >= 0.3 is 0 Å². The van der Waals surface area contributed by atoms with E-state index >= 15 is 0 Å². The van der Waals surface area contributed by atoms with E-state index in [1.165, 1.54) is 77.1 Å². The standard InChI is InChI=1S/C59H40N2/c1-5-17-41(18-6-1)42-29-31-48(32-30-42)61-57-28-16-15-27-52(57)54-39-49(34-36-58(54)61)60(47-25-11-4-12-26-47)50-33-35-51-53-37-43-19-13-14-20-44(43)38-55(53)59(56(51)40-50,45-21-7-2-8-22-45)46-23-9-3-10-24-46/h1-40H. The Morgan fingerprint density at radius 3 is 1.56 bits per heavy atom.